The molecule has 1 unspecified atom stereocenters. The maximum atomic E-state index is 11.4. The van der Waals surface area contributed by atoms with E-state index in [0.29, 0.717) is 11.6 Å². The van der Waals surface area contributed by atoms with Crippen molar-refractivity contribution in [3.8, 4) is 0 Å². The second kappa shape index (κ2) is 4.29. The van der Waals surface area contributed by atoms with Crippen LogP contribution in [0.15, 0.2) is 18.3 Å². The summed E-state index contributed by atoms with van der Waals surface area (Å²) in [7, 11) is -2.87. The van der Waals surface area contributed by atoms with Gasteiger partial charge >= 0.3 is 0 Å². The van der Waals surface area contributed by atoms with E-state index in [1.165, 1.54) is 0 Å². The number of hydrogen-bond donors (Lipinski definition) is 2. The molecular formula is C10H15N3O2S. The molecule has 0 radical (unpaired) electrons. The first-order valence-electron chi connectivity index (χ1n) is 5.24. The van der Waals surface area contributed by atoms with Crippen LogP contribution in [0.5, 0.6) is 0 Å². The van der Waals surface area contributed by atoms with Crippen LogP contribution in [0.25, 0.3) is 0 Å². The van der Waals surface area contributed by atoms with Crippen LogP contribution in [-0.4, -0.2) is 30.9 Å². The van der Waals surface area contributed by atoms with E-state index in [9.17, 15) is 8.42 Å². The molecule has 0 spiro atoms. The zero-order chi connectivity index (χ0) is 11.6. The fourth-order valence-corrected chi connectivity index (χ4v) is 3.55. The molecule has 0 saturated carbocycles. The van der Waals surface area contributed by atoms with E-state index in [4.69, 9.17) is 5.73 Å². The normalized spacial score (nSPS) is 23.9. The van der Waals surface area contributed by atoms with Gasteiger partial charge in [-0.3, -0.25) is 0 Å². The average molecular weight is 241 g/mol. The molecule has 2 rings (SSSR count). The van der Waals surface area contributed by atoms with Crippen molar-refractivity contribution in [2.45, 2.75) is 18.9 Å². The Hall–Kier alpha value is -1.30. The zero-order valence-electron chi connectivity index (χ0n) is 8.89. The molecule has 2 heterocycles. The van der Waals surface area contributed by atoms with Gasteiger partial charge in [0.05, 0.1) is 11.5 Å². The Balaban J connectivity index is 2.05. The van der Waals surface area contributed by atoms with E-state index in [1.807, 2.05) is 0 Å². The summed E-state index contributed by atoms with van der Waals surface area (Å²) < 4.78 is 22.9. The van der Waals surface area contributed by atoms with Crippen molar-refractivity contribution in [3.05, 3.63) is 18.3 Å². The van der Waals surface area contributed by atoms with Crippen LogP contribution in [0.1, 0.15) is 12.8 Å². The lowest BCUT2D eigenvalue weighted by Crippen LogP contribution is -2.34. The van der Waals surface area contributed by atoms with Crippen molar-refractivity contribution in [1.29, 1.82) is 0 Å². The van der Waals surface area contributed by atoms with Gasteiger partial charge in [0.25, 0.3) is 0 Å². The molecule has 1 aliphatic rings. The van der Waals surface area contributed by atoms with Crippen molar-refractivity contribution < 1.29 is 8.42 Å². The smallest absolute Gasteiger partial charge is 0.152 e. The maximum Gasteiger partial charge on any atom is 0.152 e. The van der Waals surface area contributed by atoms with Crippen LogP contribution in [-0.2, 0) is 9.84 Å². The number of aromatic nitrogens is 1. The summed E-state index contributed by atoms with van der Waals surface area (Å²) in [6.07, 6.45) is 3.21. The molecule has 6 heteroatoms. The largest absolute Gasteiger partial charge is 0.384 e. The topological polar surface area (TPSA) is 85.1 Å². The Morgan fingerprint density at radius 1 is 1.50 bits per heavy atom. The van der Waals surface area contributed by atoms with E-state index in [-0.39, 0.29) is 11.8 Å². The zero-order valence-corrected chi connectivity index (χ0v) is 9.70. The number of nitrogen functional groups attached to an aromatic ring is 1. The van der Waals surface area contributed by atoms with Crippen LogP contribution in [0, 0.1) is 0 Å². The Morgan fingerprint density at radius 3 is 3.00 bits per heavy atom. The predicted octanol–water partition coefficient (Wildman–Crippen LogP) is 0.653. The Labute approximate surface area is 95.0 Å². The maximum absolute atomic E-state index is 11.4. The van der Waals surface area contributed by atoms with Gasteiger partial charge in [0.1, 0.15) is 5.82 Å². The summed E-state index contributed by atoms with van der Waals surface area (Å²) in [5.41, 5.74) is 6.38. The molecule has 5 nitrogen and oxygen atoms in total. The van der Waals surface area contributed by atoms with Gasteiger partial charge in [-0.05, 0) is 18.9 Å². The number of anilines is 2. The lowest BCUT2D eigenvalue weighted by molar-refractivity contribution is 0.562. The van der Waals surface area contributed by atoms with E-state index in [1.54, 1.807) is 18.3 Å². The third kappa shape index (κ3) is 2.85. The molecule has 88 valence electrons. The number of nitrogens with zero attached hydrogens (tertiary/aromatic N) is 1. The summed E-state index contributed by atoms with van der Waals surface area (Å²) in [5, 5.41) is 3.18. The van der Waals surface area contributed by atoms with Crippen molar-refractivity contribution in [1.82, 2.24) is 4.98 Å². The standard InChI is InChI=1S/C10H15N3O2S/c11-10-6-8(3-4-12-10)13-9-2-1-5-16(14,15)7-9/h3-4,6,9H,1-2,5,7H2,(H3,11,12,13). The van der Waals surface area contributed by atoms with Gasteiger partial charge in [0, 0.05) is 24.0 Å². The van der Waals surface area contributed by atoms with Gasteiger partial charge < -0.3 is 11.1 Å². The van der Waals surface area contributed by atoms with Gasteiger partial charge in [-0.15, -0.1) is 0 Å². The number of rotatable bonds is 2. The quantitative estimate of drug-likeness (QED) is 0.794. The lowest BCUT2D eigenvalue weighted by atomic mass is 10.2. The van der Waals surface area contributed by atoms with E-state index < -0.39 is 9.84 Å². The van der Waals surface area contributed by atoms with E-state index in [2.05, 4.69) is 10.3 Å². The highest BCUT2D eigenvalue weighted by Crippen LogP contribution is 2.18. The number of nitrogens with one attached hydrogen (secondary N) is 1. The summed E-state index contributed by atoms with van der Waals surface area (Å²) in [5.74, 6) is 0.947. The van der Waals surface area contributed by atoms with E-state index in [0.717, 1.165) is 18.5 Å². The van der Waals surface area contributed by atoms with Crippen molar-refractivity contribution in [2.24, 2.45) is 0 Å². The molecule has 1 atom stereocenters. The number of sulfone groups is 1. The highest BCUT2D eigenvalue weighted by Gasteiger charge is 2.24. The Kier molecular flexibility index (Phi) is 3.00. The van der Waals surface area contributed by atoms with Crippen LogP contribution in [0.4, 0.5) is 11.5 Å². The molecule has 0 amide bonds. The Morgan fingerprint density at radius 2 is 2.31 bits per heavy atom. The first kappa shape index (κ1) is 11.2. The fourth-order valence-electron chi connectivity index (χ4n) is 1.91. The first-order chi connectivity index (χ1) is 7.55. The van der Waals surface area contributed by atoms with E-state index >= 15 is 0 Å². The van der Waals surface area contributed by atoms with Crippen molar-refractivity contribution in [3.63, 3.8) is 0 Å². The third-order valence-electron chi connectivity index (χ3n) is 2.61. The summed E-state index contributed by atoms with van der Waals surface area (Å²) in [6, 6.07) is 3.49. The predicted molar refractivity (Wildman–Crippen MR) is 63.9 cm³/mol. The van der Waals surface area contributed by atoms with Gasteiger partial charge in [0.2, 0.25) is 0 Å². The van der Waals surface area contributed by atoms with Gasteiger partial charge in [0.15, 0.2) is 9.84 Å². The molecule has 3 N–H and O–H groups in total. The average Bonchev–Trinajstić information content (AvgIpc) is 2.15. The molecule has 1 aromatic rings. The van der Waals surface area contributed by atoms with Crippen LogP contribution >= 0.6 is 0 Å². The molecule has 1 fully saturated rings. The molecule has 1 saturated heterocycles. The lowest BCUT2D eigenvalue weighted by Gasteiger charge is -2.23. The molecule has 0 aliphatic carbocycles. The molecular weight excluding hydrogens is 226 g/mol. The minimum Gasteiger partial charge on any atom is -0.384 e. The molecule has 16 heavy (non-hydrogen) atoms. The van der Waals surface area contributed by atoms with Crippen LogP contribution < -0.4 is 11.1 Å². The molecule has 1 aromatic heterocycles. The molecule has 0 aromatic carbocycles. The molecule has 1 aliphatic heterocycles. The summed E-state index contributed by atoms with van der Waals surface area (Å²) >= 11 is 0. The second-order valence-electron chi connectivity index (χ2n) is 4.07. The summed E-state index contributed by atoms with van der Waals surface area (Å²) in [6.45, 7) is 0. The van der Waals surface area contributed by atoms with Gasteiger partial charge in [-0.25, -0.2) is 13.4 Å². The minimum absolute atomic E-state index is 0.0134. The first-order valence-corrected chi connectivity index (χ1v) is 7.06. The third-order valence-corrected chi connectivity index (χ3v) is 4.44. The van der Waals surface area contributed by atoms with Gasteiger partial charge in [-0.1, -0.05) is 0 Å². The van der Waals surface area contributed by atoms with Crippen LogP contribution in [0.3, 0.4) is 0 Å². The SMILES string of the molecule is Nc1cc(NC2CCCS(=O)(=O)C2)ccn1. The minimum atomic E-state index is -2.87. The fraction of sp³-hybridized carbons (Fsp3) is 0.500. The number of hydrogen-bond acceptors (Lipinski definition) is 5. The number of nitrogens with two attached hydrogens (primary N) is 1. The monoisotopic (exact) mass is 241 g/mol. The van der Waals surface area contributed by atoms with Crippen molar-refractivity contribution >= 4 is 21.3 Å². The van der Waals surface area contributed by atoms with Crippen molar-refractivity contribution in [2.75, 3.05) is 22.6 Å². The molecule has 0 bridgehead atoms. The Bertz CT molecular complexity index is 473. The summed E-state index contributed by atoms with van der Waals surface area (Å²) in [4.78, 5) is 3.88. The van der Waals surface area contributed by atoms with Gasteiger partial charge in [-0.2, -0.15) is 0 Å². The number of pyridine rings is 1. The van der Waals surface area contributed by atoms with Crippen LogP contribution in [0.2, 0.25) is 0 Å². The second-order valence-corrected chi connectivity index (χ2v) is 6.30. The highest BCUT2D eigenvalue weighted by molar-refractivity contribution is 7.91. The highest BCUT2D eigenvalue weighted by atomic mass is 32.2.